The summed E-state index contributed by atoms with van der Waals surface area (Å²) >= 11 is 0. The van der Waals surface area contributed by atoms with Crippen molar-refractivity contribution in [2.45, 2.75) is 6.10 Å². The minimum atomic E-state index is -3.40. The van der Waals surface area contributed by atoms with Crippen LogP contribution in [0.5, 0.6) is 0 Å². The Labute approximate surface area is 147 Å². The largest absolute Gasteiger partial charge is 0.434 e. The van der Waals surface area contributed by atoms with Gasteiger partial charge in [0.15, 0.2) is 15.9 Å². The monoisotopic (exact) mass is 384 g/mol. The molecule has 26 heavy (non-hydrogen) atoms. The minimum Gasteiger partial charge on any atom is -0.434 e. The molecule has 0 aliphatic carbocycles. The summed E-state index contributed by atoms with van der Waals surface area (Å²) in [5.74, 6) is -2.82. The van der Waals surface area contributed by atoms with Crippen LogP contribution < -0.4 is 10.2 Å². The number of cyclic esters (lactones) is 1. The van der Waals surface area contributed by atoms with Crippen LogP contribution in [0.2, 0.25) is 0 Å². The van der Waals surface area contributed by atoms with Gasteiger partial charge in [-0.1, -0.05) is 6.08 Å². The maximum Gasteiger partial charge on any atom is 0.415 e. The molecule has 1 aromatic rings. The van der Waals surface area contributed by atoms with Crippen LogP contribution in [0.25, 0.3) is 5.57 Å². The second-order valence-electron chi connectivity index (χ2n) is 5.67. The molecule has 0 aromatic heterocycles. The summed E-state index contributed by atoms with van der Waals surface area (Å²) in [6.45, 7) is -0.183. The Balaban J connectivity index is 1.91. The van der Waals surface area contributed by atoms with Gasteiger partial charge in [-0.25, -0.2) is 22.0 Å². The van der Waals surface area contributed by atoms with E-state index in [9.17, 15) is 26.8 Å². The molecule has 2 amide bonds. The molecular formula is C16H14F2N2O5S. The molecule has 0 bridgehead atoms. The van der Waals surface area contributed by atoms with Crippen molar-refractivity contribution in [3.05, 3.63) is 46.9 Å². The van der Waals surface area contributed by atoms with Gasteiger partial charge in [-0.3, -0.25) is 9.69 Å². The predicted molar refractivity (Wildman–Crippen MR) is 88.9 cm³/mol. The van der Waals surface area contributed by atoms with Crippen molar-refractivity contribution in [2.24, 2.45) is 0 Å². The molecule has 1 aromatic carbocycles. The smallest absolute Gasteiger partial charge is 0.415 e. The predicted octanol–water partition coefficient (Wildman–Crippen LogP) is 1.36. The molecule has 3 rings (SSSR count). The molecule has 1 saturated heterocycles. The molecule has 1 fully saturated rings. The van der Waals surface area contributed by atoms with Crippen LogP contribution >= 0.6 is 0 Å². The Kier molecular flexibility index (Phi) is 4.53. The van der Waals surface area contributed by atoms with Gasteiger partial charge in [0.05, 0.1) is 23.5 Å². The molecule has 138 valence electrons. The lowest BCUT2D eigenvalue weighted by atomic mass is 10.0. The average Bonchev–Trinajstić information content (AvgIpc) is 2.96. The van der Waals surface area contributed by atoms with Gasteiger partial charge in [-0.15, -0.1) is 0 Å². The highest BCUT2D eigenvalue weighted by Gasteiger charge is 2.37. The quantitative estimate of drug-likeness (QED) is 0.850. The van der Waals surface area contributed by atoms with Crippen molar-refractivity contribution < 1.29 is 31.5 Å². The first kappa shape index (κ1) is 18.1. The van der Waals surface area contributed by atoms with Gasteiger partial charge < -0.3 is 10.1 Å². The fourth-order valence-electron chi connectivity index (χ4n) is 2.65. The number of hydrogen-bond donors (Lipinski definition) is 1. The third-order valence-electron chi connectivity index (χ3n) is 3.97. The number of allylic oxidation sites excluding steroid dienone is 2. The van der Waals surface area contributed by atoms with Crippen LogP contribution in [0.3, 0.4) is 0 Å². The second-order valence-corrected chi connectivity index (χ2v) is 7.60. The highest BCUT2D eigenvalue weighted by Crippen LogP contribution is 2.31. The van der Waals surface area contributed by atoms with Crippen LogP contribution in [-0.4, -0.2) is 45.9 Å². The molecule has 2 aliphatic rings. The fourth-order valence-corrected chi connectivity index (χ4v) is 3.53. The van der Waals surface area contributed by atoms with Crippen molar-refractivity contribution in [1.82, 2.24) is 5.32 Å². The van der Waals surface area contributed by atoms with Crippen molar-refractivity contribution in [3.8, 4) is 0 Å². The third kappa shape index (κ3) is 3.32. The van der Waals surface area contributed by atoms with E-state index in [1.165, 1.54) is 13.1 Å². The lowest BCUT2D eigenvalue weighted by Gasteiger charge is -2.16. The van der Waals surface area contributed by atoms with E-state index in [1.54, 1.807) is 0 Å². The van der Waals surface area contributed by atoms with Gasteiger partial charge in [0.2, 0.25) is 0 Å². The van der Waals surface area contributed by atoms with E-state index in [1.807, 2.05) is 0 Å². The summed E-state index contributed by atoms with van der Waals surface area (Å²) in [6.07, 6.45) is 0.356. The van der Waals surface area contributed by atoms with Crippen LogP contribution in [0.15, 0.2) is 29.7 Å². The van der Waals surface area contributed by atoms with Crippen molar-refractivity contribution in [2.75, 3.05) is 24.2 Å². The van der Waals surface area contributed by atoms with Gasteiger partial charge in [0.25, 0.3) is 5.91 Å². The molecule has 10 heteroatoms. The molecule has 1 atom stereocenters. The van der Waals surface area contributed by atoms with E-state index in [0.717, 1.165) is 28.5 Å². The van der Waals surface area contributed by atoms with Gasteiger partial charge >= 0.3 is 6.09 Å². The van der Waals surface area contributed by atoms with Gasteiger partial charge in [-0.2, -0.15) is 0 Å². The first-order valence-electron chi connectivity index (χ1n) is 7.52. The van der Waals surface area contributed by atoms with Crippen molar-refractivity contribution in [3.63, 3.8) is 0 Å². The van der Waals surface area contributed by atoms with Crippen LogP contribution in [-0.2, 0) is 19.4 Å². The molecule has 2 aliphatic heterocycles. The first-order chi connectivity index (χ1) is 12.2. The number of halogens is 2. The van der Waals surface area contributed by atoms with E-state index in [-0.39, 0.29) is 23.6 Å². The van der Waals surface area contributed by atoms with Crippen LogP contribution in [0.1, 0.15) is 5.56 Å². The van der Waals surface area contributed by atoms with E-state index < -0.39 is 45.1 Å². The van der Waals surface area contributed by atoms with E-state index >= 15 is 0 Å². The van der Waals surface area contributed by atoms with Crippen molar-refractivity contribution >= 4 is 33.1 Å². The fraction of sp³-hybridized carbons (Fsp3) is 0.250. The Hall–Kier alpha value is -2.75. The van der Waals surface area contributed by atoms with E-state index in [0.29, 0.717) is 0 Å². The normalized spacial score (nSPS) is 21.3. The summed E-state index contributed by atoms with van der Waals surface area (Å²) in [4.78, 5) is 24.4. The topological polar surface area (TPSA) is 92.8 Å². The maximum atomic E-state index is 14.5. The zero-order valence-electron chi connectivity index (χ0n) is 13.5. The molecule has 1 N–H and O–H groups in total. The Bertz CT molecular complexity index is 932. The standard InChI is InChI=1S/C16H14F2N2O5S/c1-19-15(21)13-8-20(16(22)25-13)10-6-11(17)14(12(18)7-10)9-2-4-26(23,24)5-3-9/h2-4,6-7,13H,5,8H2,1H3,(H,19,21)/t13-/m1/s1. The number of anilines is 1. The Morgan fingerprint density at radius 3 is 2.50 bits per heavy atom. The van der Waals surface area contributed by atoms with Gasteiger partial charge in [0, 0.05) is 12.5 Å². The van der Waals surface area contributed by atoms with Gasteiger partial charge in [0.1, 0.15) is 11.6 Å². The zero-order valence-corrected chi connectivity index (χ0v) is 14.3. The molecule has 0 saturated carbocycles. The Morgan fingerprint density at radius 1 is 1.31 bits per heavy atom. The minimum absolute atomic E-state index is 0.0913. The summed E-state index contributed by atoms with van der Waals surface area (Å²) in [6, 6.07) is 1.87. The number of nitrogens with zero attached hydrogens (tertiary/aromatic N) is 1. The molecule has 7 nitrogen and oxygen atoms in total. The number of likely N-dealkylation sites (N-methyl/N-ethyl adjacent to an activating group) is 1. The number of carbonyl (C=O) groups excluding carboxylic acids is 2. The number of nitrogens with one attached hydrogen (secondary N) is 1. The molecule has 0 unspecified atom stereocenters. The second kappa shape index (κ2) is 6.52. The van der Waals surface area contributed by atoms with E-state index in [4.69, 9.17) is 4.74 Å². The highest BCUT2D eigenvalue weighted by molar-refractivity contribution is 7.94. The lowest BCUT2D eigenvalue weighted by Crippen LogP contribution is -2.35. The molecule has 0 radical (unpaired) electrons. The number of amides is 2. The summed E-state index contributed by atoms with van der Waals surface area (Å²) in [5.41, 5.74) is -0.405. The number of benzene rings is 1. The number of ether oxygens (including phenoxy) is 1. The summed E-state index contributed by atoms with van der Waals surface area (Å²) in [7, 11) is -2.03. The number of sulfone groups is 1. The highest BCUT2D eigenvalue weighted by atomic mass is 32.2. The maximum absolute atomic E-state index is 14.5. The zero-order chi connectivity index (χ0) is 19.1. The number of hydrogen-bond acceptors (Lipinski definition) is 5. The molecular weight excluding hydrogens is 370 g/mol. The lowest BCUT2D eigenvalue weighted by molar-refractivity contribution is -0.127. The van der Waals surface area contributed by atoms with Gasteiger partial charge in [-0.05, 0) is 23.8 Å². The number of rotatable bonds is 3. The molecule has 2 heterocycles. The van der Waals surface area contributed by atoms with Crippen molar-refractivity contribution in [1.29, 1.82) is 0 Å². The number of carbonyl (C=O) groups is 2. The van der Waals surface area contributed by atoms with Crippen LogP contribution in [0.4, 0.5) is 19.3 Å². The first-order valence-corrected chi connectivity index (χ1v) is 9.23. The Morgan fingerprint density at radius 2 is 1.96 bits per heavy atom. The summed E-state index contributed by atoms with van der Waals surface area (Å²) in [5, 5.41) is 3.22. The van der Waals surface area contributed by atoms with E-state index in [2.05, 4.69) is 5.32 Å². The summed E-state index contributed by atoms with van der Waals surface area (Å²) < 4.78 is 56.5. The SMILES string of the molecule is CNC(=O)[C@H]1CN(c2cc(F)c(C3=CCS(=O)(=O)C=C3)c(F)c2)C(=O)O1. The molecule has 0 spiro atoms. The van der Waals surface area contributed by atoms with Crippen LogP contribution in [0, 0.1) is 11.6 Å². The average molecular weight is 384 g/mol. The third-order valence-corrected chi connectivity index (χ3v) is 5.15.